The molecule has 2 aliphatic carbocycles. The average molecular weight is 296 g/mol. The summed E-state index contributed by atoms with van der Waals surface area (Å²) in [5.74, 6) is -0.806. The van der Waals surface area contributed by atoms with Crippen molar-refractivity contribution in [1.29, 1.82) is 0 Å². The van der Waals surface area contributed by atoms with Crippen molar-refractivity contribution in [2.75, 3.05) is 6.54 Å². The summed E-state index contributed by atoms with van der Waals surface area (Å²) in [7, 11) is 0. The zero-order valence-electron chi connectivity index (χ0n) is 13.3. The molecule has 0 spiro atoms. The van der Waals surface area contributed by atoms with Gasteiger partial charge >= 0.3 is 5.97 Å². The normalized spacial score (nSPS) is 31.7. The van der Waals surface area contributed by atoms with Gasteiger partial charge in [0.1, 0.15) is 0 Å². The lowest BCUT2D eigenvalue weighted by molar-refractivity contribution is -0.150. The molecule has 0 saturated heterocycles. The van der Waals surface area contributed by atoms with E-state index in [1.165, 1.54) is 12.8 Å². The molecule has 2 aliphatic rings. The fourth-order valence-electron chi connectivity index (χ4n) is 3.40. The molecule has 0 aromatic heterocycles. The van der Waals surface area contributed by atoms with Crippen LogP contribution in [-0.2, 0) is 9.59 Å². The van der Waals surface area contributed by atoms with E-state index in [9.17, 15) is 14.7 Å². The van der Waals surface area contributed by atoms with Gasteiger partial charge in [0.05, 0.1) is 5.92 Å². The number of amides is 1. The summed E-state index contributed by atoms with van der Waals surface area (Å²) >= 11 is 0. The molecule has 120 valence electrons. The van der Waals surface area contributed by atoms with E-state index in [0.29, 0.717) is 18.9 Å². The quantitative estimate of drug-likeness (QED) is 0.698. The molecule has 5 nitrogen and oxygen atoms in total. The topological polar surface area (TPSA) is 78.4 Å². The largest absolute Gasteiger partial charge is 0.481 e. The highest BCUT2D eigenvalue weighted by Gasteiger charge is 2.46. The highest BCUT2D eigenvalue weighted by molar-refractivity contribution is 5.76. The van der Waals surface area contributed by atoms with Crippen LogP contribution >= 0.6 is 0 Å². The van der Waals surface area contributed by atoms with E-state index in [4.69, 9.17) is 0 Å². The molecule has 3 N–H and O–H groups in total. The van der Waals surface area contributed by atoms with E-state index in [2.05, 4.69) is 17.6 Å². The van der Waals surface area contributed by atoms with Gasteiger partial charge in [-0.1, -0.05) is 20.8 Å². The van der Waals surface area contributed by atoms with Gasteiger partial charge in [0.25, 0.3) is 0 Å². The zero-order valence-corrected chi connectivity index (χ0v) is 13.3. The Hall–Kier alpha value is -1.10. The Balaban J connectivity index is 1.82. The molecule has 2 saturated carbocycles. The van der Waals surface area contributed by atoms with Crippen LogP contribution in [0.25, 0.3) is 0 Å². The first-order valence-corrected chi connectivity index (χ1v) is 8.08. The number of rotatable bonds is 6. The van der Waals surface area contributed by atoms with Gasteiger partial charge in [-0.2, -0.15) is 0 Å². The van der Waals surface area contributed by atoms with Crippen LogP contribution in [0.15, 0.2) is 0 Å². The summed E-state index contributed by atoms with van der Waals surface area (Å²) in [6, 6.07) is 0.714. The summed E-state index contributed by atoms with van der Waals surface area (Å²) in [6.45, 7) is 6.80. The van der Waals surface area contributed by atoms with Crippen LogP contribution in [0.4, 0.5) is 0 Å². The second-order valence-electron chi connectivity index (χ2n) is 7.23. The monoisotopic (exact) mass is 296 g/mol. The van der Waals surface area contributed by atoms with Crippen molar-refractivity contribution in [2.24, 2.45) is 17.3 Å². The van der Waals surface area contributed by atoms with E-state index < -0.39 is 5.97 Å². The number of aliphatic carboxylic acids is 1. The maximum absolute atomic E-state index is 12.0. The summed E-state index contributed by atoms with van der Waals surface area (Å²) < 4.78 is 0. The summed E-state index contributed by atoms with van der Waals surface area (Å²) in [5.41, 5.74) is -0.297. The van der Waals surface area contributed by atoms with E-state index in [0.717, 1.165) is 13.0 Å². The van der Waals surface area contributed by atoms with Crippen LogP contribution in [0.3, 0.4) is 0 Å². The molecule has 5 heteroatoms. The molecule has 0 aromatic rings. The summed E-state index contributed by atoms with van der Waals surface area (Å²) in [5, 5.41) is 15.8. The molecule has 2 rings (SSSR count). The van der Waals surface area contributed by atoms with Crippen molar-refractivity contribution in [3.63, 3.8) is 0 Å². The molecule has 0 aliphatic heterocycles. The van der Waals surface area contributed by atoms with Crippen LogP contribution in [0.1, 0.15) is 52.9 Å². The number of hydrogen-bond acceptors (Lipinski definition) is 3. The number of carbonyl (C=O) groups is 2. The Kier molecular flexibility index (Phi) is 4.91. The van der Waals surface area contributed by atoms with Gasteiger partial charge in [-0.3, -0.25) is 9.59 Å². The SMILES string of the molecule is CC1C(NC(=O)CCNC2CC2)CCC(C(=O)O)C1(C)C. The third-order valence-corrected chi connectivity index (χ3v) is 5.45. The Morgan fingerprint density at radius 3 is 2.43 bits per heavy atom. The van der Waals surface area contributed by atoms with Gasteiger partial charge < -0.3 is 15.7 Å². The van der Waals surface area contributed by atoms with E-state index in [1.807, 2.05) is 13.8 Å². The third kappa shape index (κ3) is 3.96. The van der Waals surface area contributed by atoms with Crippen molar-refractivity contribution < 1.29 is 14.7 Å². The second-order valence-corrected chi connectivity index (χ2v) is 7.23. The van der Waals surface area contributed by atoms with Gasteiger partial charge in [-0.15, -0.1) is 0 Å². The van der Waals surface area contributed by atoms with Crippen molar-refractivity contribution in [3.05, 3.63) is 0 Å². The van der Waals surface area contributed by atoms with E-state index in [-0.39, 0.29) is 29.2 Å². The Morgan fingerprint density at radius 2 is 1.86 bits per heavy atom. The van der Waals surface area contributed by atoms with E-state index in [1.54, 1.807) is 0 Å². The number of hydrogen-bond donors (Lipinski definition) is 3. The minimum Gasteiger partial charge on any atom is -0.481 e. The minimum atomic E-state index is -0.717. The number of carbonyl (C=O) groups excluding carboxylic acids is 1. The van der Waals surface area contributed by atoms with Crippen molar-refractivity contribution in [2.45, 2.75) is 65.0 Å². The maximum Gasteiger partial charge on any atom is 0.307 e. The average Bonchev–Trinajstić information content (AvgIpc) is 3.18. The molecular formula is C16H28N2O3. The van der Waals surface area contributed by atoms with Gasteiger partial charge in [0, 0.05) is 25.0 Å². The molecule has 0 radical (unpaired) electrons. The Bertz CT molecular complexity index is 404. The molecule has 0 heterocycles. The first-order chi connectivity index (χ1) is 9.82. The van der Waals surface area contributed by atoms with E-state index >= 15 is 0 Å². The van der Waals surface area contributed by atoms with Crippen molar-refractivity contribution in [3.8, 4) is 0 Å². The van der Waals surface area contributed by atoms with Crippen molar-refractivity contribution >= 4 is 11.9 Å². The van der Waals surface area contributed by atoms with Crippen LogP contribution in [0.2, 0.25) is 0 Å². The summed E-state index contributed by atoms with van der Waals surface area (Å²) in [6.07, 6.45) is 4.35. The van der Waals surface area contributed by atoms with Crippen LogP contribution in [0, 0.1) is 17.3 Å². The standard InChI is InChI=1S/C16H28N2O3/c1-10-13(7-6-12(15(20)21)16(10,2)3)18-14(19)8-9-17-11-4-5-11/h10-13,17H,4-9H2,1-3H3,(H,18,19)(H,20,21). The van der Waals surface area contributed by atoms with Gasteiger partial charge in [0.2, 0.25) is 5.91 Å². The first-order valence-electron chi connectivity index (χ1n) is 8.08. The molecule has 21 heavy (non-hydrogen) atoms. The van der Waals surface area contributed by atoms with Gasteiger partial charge in [-0.05, 0) is 37.0 Å². The molecular weight excluding hydrogens is 268 g/mol. The van der Waals surface area contributed by atoms with Crippen LogP contribution in [-0.4, -0.2) is 35.6 Å². The van der Waals surface area contributed by atoms with Crippen molar-refractivity contribution in [1.82, 2.24) is 10.6 Å². The summed E-state index contributed by atoms with van der Waals surface area (Å²) in [4.78, 5) is 23.4. The number of carboxylic acids is 1. The Morgan fingerprint density at radius 1 is 1.19 bits per heavy atom. The smallest absolute Gasteiger partial charge is 0.307 e. The fourth-order valence-corrected chi connectivity index (χ4v) is 3.40. The number of carboxylic acid groups (broad SMARTS) is 1. The molecule has 3 atom stereocenters. The van der Waals surface area contributed by atoms with Crippen LogP contribution in [0.5, 0.6) is 0 Å². The predicted octanol–water partition coefficient (Wildman–Crippen LogP) is 1.77. The molecule has 1 amide bonds. The maximum atomic E-state index is 12.0. The fraction of sp³-hybridized carbons (Fsp3) is 0.875. The lowest BCUT2D eigenvalue weighted by Crippen LogP contribution is -2.52. The second kappa shape index (κ2) is 6.34. The molecule has 0 aromatic carbocycles. The zero-order chi connectivity index (χ0) is 15.6. The third-order valence-electron chi connectivity index (χ3n) is 5.45. The highest BCUT2D eigenvalue weighted by atomic mass is 16.4. The molecule has 2 fully saturated rings. The molecule has 3 unspecified atom stereocenters. The minimum absolute atomic E-state index is 0.0737. The van der Waals surface area contributed by atoms with Gasteiger partial charge in [-0.25, -0.2) is 0 Å². The first kappa shape index (κ1) is 16.3. The molecule has 0 bridgehead atoms. The lowest BCUT2D eigenvalue weighted by atomic mass is 9.61. The Labute approximate surface area is 126 Å². The number of nitrogens with one attached hydrogen (secondary N) is 2. The predicted molar refractivity (Wildman–Crippen MR) is 80.9 cm³/mol. The highest BCUT2D eigenvalue weighted by Crippen LogP contribution is 2.45. The van der Waals surface area contributed by atoms with Gasteiger partial charge in [0.15, 0.2) is 0 Å². The lowest BCUT2D eigenvalue weighted by Gasteiger charge is -2.46. The van der Waals surface area contributed by atoms with Crippen LogP contribution < -0.4 is 10.6 Å².